The molecule has 1 fully saturated rings. The lowest BCUT2D eigenvalue weighted by atomic mass is 9.99. The largest absolute Gasteiger partial charge is 0.467 e. The molecule has 1 saturated heterocycles. The summed E-state index contributed by atoms with van der Waals surface area (Å²) < 4.78 is 5.39. The Morgan fingerprint density at radius 3 is 2.62 bits per heavy atom. The number of piperazine rings is 1. The quantitative estimate of drug-likeness (QED) is 0.938. The van der Waals surface area contributed by atoms with Crippen molar-refractivity contribution in [2.45, 2.75) is 19.0 Å². The summed E-state index contributed by atoms with van der Waals surface area (Å²) in [5, 5.41) is 2.65. The number of hydrogen-bond acceptors (Lipinski definition) is 3. The maximum Gasteiger partial charge on any atom is 0.247 e. The second-order valence-corrected chi connectivity index (χ2v) is 5.02. The Morgan fingerprint density at radius 1 is 1.19 bits per heavy atom. The minimum Gasteiger partial charge on any atom is -0.467 e. The third kappa shape index (κ3) is 2.42. The Hall–Kier alpha value is -2.56. The minimum atomic E-state index is -0.632. The van der Waals surface area contributed by atoms with E-state index in [0.717, 1.165) is 5.56 Å². The van der Waals surface area contributed by atoms with E-state index in [4.69, 9.17) is 4.42 Å². The summed E-state index contributed by atoms with van der Waals surface area (Å²) in [5.74, 6) is 0.380. The number of rotatable bonds is 3. The van der Waals surface area contributed by atoms with Gasteiger partial charge in [-0.25, -0.2) is 0 Å². The molecule has 2 heterocycles. The van der Waals surface area contributed by atoms with Crippen LogP contribution in [0.3, 0.4) is 0 Å². The molecule has 5 nitrogen and oxygen atoms in total. The maximum absolute atomic E-state index is 12.3. The first kappa shape index (κ1) is 13.4. The highest BCUT2D eigenvalue weighted by atomic mass is 16.3. The summed E-state index contributed by atoms with van der Waals surface area (Å²) >= 11 is 0. The fourth-order valence-electron chi connectivity index (χ4n) is 2.67. The van der Waals surface area contributed by atoms with Crippen LogP contribution in [0, 0.1) is 0 Å². The molecule has 1 aliphatic heterocycles. The molecule has 5 heteroatoms. The molecule has 1 N–H and O–H groups in total. The Morgan fingerprint density at radius 2 is 1.95 bits per heavy atom. The number of furan rings is 1. The van der Waals surface area contributed by atoms with Crippen molar-refractivity contribution in [3.8, 4) is 0 Å². The Labute approximate surface area is 122 Å². The fraction of sp³-hybridized carbons (Fsp3) is 0.250. The van der Waals surface area contributed by atoms with Gasteiger partial charge < -0.3 is 14.6 Å². The second-order valence-electron chi connectivity index (χ2n) is 5.02. The lowest BCUT2D eigenvalue weighted by molar-refractivity contribution is -0.148. The second kappa shape index (κ2) is 5.44. The number of carbonyl (C=O) groups excluding carboxylic acids is 2. The maximum atomic E-state index is 12.3. The average molecular weight is 284 g/mol. The van der Waals surface area contributed by atoms with Gasteiger partial charge in [0.05, 0.1) is 18.8 Å². The van der Waals surface area contributed by atoms with E-state index >= 15 is 0 Å². The van der Waals surface area contributed by atoms with Crippen LogP contribution in [0.5, 0.6) is 0 Å². The van der Waals surface area contributed by atoms with Gasteiger partial charge in [-0.2, -0.15) is 0 Å². The molecule has 0 saturated carbocycles. The zero-order valence-electron chi connectivity index (χ0n) is 11.7. The van der Waals surface area contributed by atoms with E-state index in [1.807, 2.05) is 43.3 Å². The molecule has 0 radical (unpaired) electrons. The highest BCUT2D eigenvalue weighted by Crippen LogP contribution is 2.32. The van der Waals surface area contributed by atoms with Gasteiger partial charge in [0, 0.05) is 0 Å². The summed E-state index contributed by atoms with van der Waals surface area (Å²) in [7, 11) is 0. The Kier molecular flexibility index (Phi) is 3.48. The van der Waals surface area contributed by atoms with Crippen molar-refractivity contribution in [2.24, 2.45) is 0 Å². The van der Waals surface area contributed by atoms with Crippen molar-refractivity contribution in [3.63, 3.8) is 0 Å². The molecule has 0 spiro atoms. The van der Waals surface area contributed by atoms with Crippen molar-refractivity contribution in [1.29, 1.82) is 0 Å². The van der Waals surface area contributed by atoms with Gasteiger partial charge in [-0.05, 0) is 24.6 Å². The summed E-state index contributed by atoms with van der Waals surface area (Å²) in [5.41, 5.74) is 0.793. The molecule has 2 atom stereocenters. The van der Waals surface area contributed by atoms with Crippen LogP contribution < -0.4 is 5.32 Å². The monoisotopic (exact) mass is 284 g/mol. The van der Waals surface area contributed by atoms with Crippen LogP contribution in [0.1, 0.15) is 30.3 Å². The van der Waals surface area contributed by atoms with Gasteiger partial charge in [0.15, 0.2) is 0 Å². The van der Waals surface area contributed by atoms with Gasteiger partial charge in [0.2, 0.25) is 11.8 Å². The standard InChI is InChI=1S/C16H16N2O3/c1-11(13-8-5-9-21-13)18-14(19)10-17-16(20)15(18)12-6-3-2-4-7-12/h2-9,11,15H,10H2,1H3,(H,17,20). The van der Waals surface area contributed by atoms with Gasteiger partial charge in [-0.15, -0.1) is 0 Å². The molecule has 2 unspecified atom stereocenters. The molecule has 1 aromatic carbocycles. The van der Waals surface area contributed by atoms with Crippen LogP contribution in [-0.2, 0) is 9.59 Å². The Balaban J connectivity index is 2.00. The summed E-state index contributed by atoms with van der Waals surface area (Å²) in [6.45, 7) is 1.89. The van der Waals surface area contributed by atoms with E-state index < -0.39 is 6.04 Å². The first-order valence-corrected chi connectivity index (χ1v) is 6.85. The van der Waals surface area contributed by atoms with E-state index in [1.165, 1.54) is 0 Å². The number of benzene rings is 1. The number of carbonyl (C=O) groups is 2. The number of nitrogens with zero attached hydrogens (tertiary/aromatic N) is 1. The topological polar surface area (TPSA) is 62.6 Å². The van der Waals surface area contributed by atoms with Crippen LogP contribution in [0.2, 0.25) is 0 Å². The van der Waals surface area contributed by atoms with Crippen LogP contribution in [0.25, 0.3) is 0 Å². The molecule has 2 amide bonds. The molecule has 0 aliphatic carbocycles. The van der Waals surface area contributed by atoms with E-state index in [9.17, 15) is 9.59 Å². The van der Waals surface area contributed by atoms with E-state index in [0.29, 0.717) is 5.76 Å². The molecular weight excluding hydrogens is 268 g/mol. The zero-order chi connectivity index (χ0) is 14.8. The zero-order valence-corrected chi connectivity index (χ0v) is 11.7. The van der Waals surface area contributed by atoms with Gasteiger partial charge in [0.1, 0.15) is 11.8 Å². The lowest BCUT2D eigenvalue weighted by Gasteiger charge is -2.38. The third-order valence-corrected chi connectivity index (χ3v) is 3.72. The van der Waals surface area contributed by atoms with Crippen molar-refractivity contribution >= 4 is 11.8 Å². The molecule has 0 bridgehead atoms. The van der Waals surface area contributed by atoms with Crippen molar-refractivity contribution in [3.05, 3.63) is 60.1 Å². The van der Waals surface area contributed by atoms with Gasteiger partial charge in [-0.1, -0.05) is 30.3 Å². The number of nitrogens with one attached hydrogen (secondary N) is 1. The first-order valence-electron chi connectivity index (χ1n) is 6.85. The predicted octanol–water partition coefficient (Wildman–Crippen LogP) is 2.04. The smallest absolute Gasteiger partial charge is 0.247 e. The van der Waals surface area contributed by atoms with Gasteiger partial charge >= 0.3 is 0 Å². The van der Waals surface area contributed by atoms with Crippen molar-refractivity contribution in [2.75, 3.05) is 6.54 Å². The number of hydrogen-bond donors (Lipinski definition) is 1. The van der Waals surface area contributed by atoms with Crippen LogP contribution in [0.15, 0.2) is 53.1 Å². The molecule has 3 rings (SSSR count). The van der Waals surface area contributed by atoms with Gasteiger partial charge in [0.25, 0.3) is 0 Å². The predicted molar refractivity (Wildman–Crippen MR) is 76.2 cm³/mol. The van der Waals surface area contributed by atoms with Crippen molar-refractivity contribution in [1.82, 2.24) is 10.2 Å². The van der Waals surface area contributed by atoms with Crippen LogP contribution in [-0.4, -0.2) is 23.3 Å². The summed E-state index contributed by atoms with van der Waals surface area (Å²) in [6, 6.07) is 12.0. The van der Waals surface area contributed by atoms with Crippen molar-refractivity contribution < 1.29 is 14.0 Å². The highest BCUT2D eigenvalue weighted by Gasteiger charge is 2.39. The molecular formula is C16H16N2O3. The molecule has 2 aromatic rings. The first-order chi connectivity index (χ1) is 10.2. The number of amides is 2. The third-order valence-electron chi connectivity index (χ3n) is 3.72. The Bertz CT molecular complexity index is 637. The van der Waals surface area contributed by atoms with E-state index in [1.54, 1.807) is 17.2 Å². The minimum absolute atomic E-state index is 0.0210. The molecule has 1 aliphatic rings. The molecule has 21 heavy (non-hydrogen) atoms. The summed E-state index contributed by atoms with van der Waals surface area (Å²) in [4.78, 5) is 26.2. The molecule has 108 valence electrons. The average Bonchev–Trinajstić information content (AvgIpc) is 3.04. The van der Waals surface area contributed by atoms with E-state index in [-0.39, 0.29) is 24.4 Å². The molecule has 1 aromatic heterocycles. The van der Waals surface area contributed by atoms with Crippen LogP contribution >= 0.6 is 0 Å². The van der Waals surface area contributed by atoms with Crippen LogP contribution in [0.4, 0.5) is 0 Å². The SMILES string of the molecule is CC(c1ccco1)N1C(=O)CNC(=O)C1c1ccccc1. The lowest BCUT2D eigenvalue weighted by Crippen LogP contribution is -2.54. The highest BCUT2D eigenvalue weighted by molar-refractivity contribution is 5.95. The summed E-state index contributed by atoms with van der Waals surface area (Å²) in [6.07, 6.45) is 1.57. The normalized spacial score (nSPS) is 20.2. The van der Waals surface area contributed by atoms with E-state index in [2.05, 4.69) is 5.32 Å². The fourth-order valence-corrected chi connectivity index (χ4v) is 2.67. The van der Waals surface area contributed by atoms with Gasteiger partial charge in [-0.3, -0.25) is 9.59 Å².